The van der Waals surface area contributed by atoms with E-state index in [1.54, 1.807) is 6.08 Å². The first-order chi connectivity index (χ1) is 13.6. The number of carbonyl (C=O) groups excluding carboxylic acids is 2. The van der Waals surface area contributed by atoms with Crippen molar-refractivity contribution in [1.29, 1.82) is 0 Å². The van der Waals surface area contributed by atoms with Gasteiger partial charge in [0.25, 0.3) is 0 Å². The first-order valence-corrected chi connectivity index (χ1v) is 11.4. The van der Waals surface area contributed by atoms with Crippen molar-refractivity contribution in [2.45, 2.75) is 51.7 Å². The standard InChI is InChI=1S/C21H32O7S/c1-20(2)12-6-7-21(20,16(22)8-12)11-29(25)13-9-14(18(23)27-4)17(19(24)28-5)15(10-13)26-3/h10,12,14-17,22H,6-9,11H2,1-5H3/t12-,14-,15+,16-,17-,21-,29-/m1/s1. The Morgan fingerprint density at radius 3 is 2.34 bits per heavy atom. The Hall–Kier alpha value is -1.25. The number of allylic oxidation sites excluding steroid dienone is 1. The SMILES string of the molecule is COC(=O)[C@H]1[C@@H](OC)C=C([S@](=O)C[C@]23CC[C@H](C[C@H]2O)C3(C)C)C[C@H]1C(=O)OC. The van der Waals surface area contributed by atoms with Gasteiger partial charge < -0.3 is 19.3 Å². The van der Waals surface area contributed by atoms with E-state index in [4.69, 9.17) is 14.2 Å². The van der Waals surface area contributed by atoms with Crippen LogP contribution in [0.4, 0.5) is 0 Å². The zero-order chi connectivity index (χ0) is 21.6. The average molecular weight is 429 g/mol. The zero-order valence-electron chi connectivity index (χ0n) is 17.8. The van der Waals surface area contributed by atoms with Gasteiger partial charge in [-0.15, -0.1) is 0 Å². The number of fused-ring (bicyclic) bond motifs is 2. The summed E-state index contributed by atoms with van der Waals surface area (Å²) in [6, 6.07) is 0. The zero-order valence-corrected chi connectivity index (χ0v) is 18.6. The Morgan fingerprint density at radius 1 is 1.21 bits per heavy atom. The van der Waals surface area contributed by atoms with E-state index < -0.39 is 52.2 Å². The number of esters is 2. The molecule has 0 aromatic heterocycles. The van der Waals surface area contributed by atoms with Crippen LogP contribution in [0.1, 0.15) is 39.5 Å². The monoisotopic (exact) mass is 428 g/mol. The van der Waals surface area contributed by atoms with Crippen LogP contribution in [0.15, 0.2) is 11.0 Å². The average Bonchev–Trinajstić information content (AvgIpc) is 3.05. The van der Waals surface area contributed by atoms with Crippen LogP contribution in [-0.2, 0) is 34.6 Å². The highest BCUT2D eigenvalue weighted by atomic mass is 32.2. The Bertz CT molecular complexity index is 731. The molecule has 0 radical (unpaired) electrons. The molecule has 3 aliphatic carbocycles. The van der Waals surface area contributed by atoms with Gasteiger partial charge in [0.05, 0.1) is 32.3 Å². The summed E-state index contributed by atoms with van der Waals surface area (Å²) in [6.45, 7) is 4.33. The molecule has 2 bridgehead atoms. The van der Waals surface area contributed by atoms with E-state index in [1.165, 1.54) is 21.3 Å². The molecule has 7 atom stereocenters. The maximum Gasteiger partial charge on any atom is 0.312 e. The molecule has 0 saturated heterocycles. The van der Waals surface area contributed by atoms with E-state index in [1.807, 2.05) is 0 Å². The number of methoxy groups -OCH3 is 3. The van der Waals surface area contributed by atoms with Gasteiger partial charge in [-0.25, -0.2) is 0 Å². The summed E-state index contributed by atoms with van der Waals surface area (Å²) in [4.78, 5) is 25.3. The minimum Gasteiger partial charge on any atom is -0.469 e. The van der Waals surface area contributed by atoms with Gasteiger partial charge in [-0.2, -0.15) is 0 Å². The Balaban J connectivity index is 1.89. The number of aliphatic hydroxyl groups is 1. The van der Waals surface area contributed by atoms with Gasteiger partial charge >= 0.3 is 11.9 Å². The fourth-order valence-corrected chi connectivity index (χ4v) is 7.85. The van der Waals surface area contributed by atoms with Crippen molar-refractivity contribution in [3.05, 3.63) is 11.0 Å². The Labute approximate surface area is 174 Å². The van der Waals surface area contributed by atoms with E-state index in [0.29, 0.717) is 16.6 Å². The smallest absolute Gasteiger partial charge is 0.312 e. The van der Waals surface area contributed by atoms with Crippen LogP contribution in [0.2, 0.25) is 0 Å². The Kier molecular flexibility index (Phi) is 6.28. The highest BCUT2D eigenvalue weighted by molar-refractivity contribution is 7.89. The van der Waals surface area contributed by atoms with Crippen LogP contribution in [0, 0.1) is 28.6 Å². The van der Waals surface area contributed by atoms with Crippen LogP contribution in [-0.4, -0.2) is 60.5 Å². The molecule has 29 heavy (non-hydrogen) atoms. The molecule has 0 unspecified atom stereocenters. The normalized spacial score (nSPS) is 39.0. The molecule has 2 fully saturated rings. The highest BCUT2D eigenvalue weighted by Crippen LogP contribution is 2.66. The van der Waals surface area contributed by atoms with E-state index in [2.05, 4.69) is 13.8 Å². The Morgan fingerprint density at radius 2 is 1.86 bits per heavy atom. The number of ether oxygens (including phenoxy) is 3. The van der Waals surface area contributed by atoms with Crippen molar-refractivity contribution in [2.24, 2.45) is 28.6 Å². The molecule has 1 N–H and O–H groups in total. The molecular formula is C21H32O7S. The van der Waals surface area contributed by atoms with Gasteiger partial charge in [0.2, 0.25) is 0 Å². The maximum atomic E-state index is 13.4. The molecule has 7 nitrogen and oxygen atoms in total. The molecule has 0 aliphatic heterocycles. The first kappa shape index (κ1) is 22.4. The lowest BCUT2D eigenvalue weighted by atomic mass is 9.70. The van der Waals surface area contributed by atoms with E-state index >= 15 is 0 Å². The van der Waals surface area contributed by atoms with Crippen LogP contribution >= 0.6 is 0 Å². The summed E-state index contributed by atoms with van der Waals surface area (Å²) in [5.74, 6) is -2.00. The van der Waals surface area contributed by atoms with Crippen LogP contribution < -0.4 is 0 Å². The molecule has 0 spiro atoms. The molecule has 8 heteroatoms. The molecule has 3 aliphatic rings. The summed E-state index contributed by atoms with van der Waals surface area (Å²) in [7, 11) is 2.57. The molecular weight excluding hydrogens is 396 g/mol. The molecule has 0 heterocycles. The van der Waals surface area contributed by atoms with Crippen molar-refractivity contribution in [2.75, 3.05) is 27.1 Å². The second kappa shape index (κ2) is 8.12. The topological polar surface area (TPSA) is 99.1 Å². The number of hydrogen-bond donors (Lipinski definition) is 1. The van der Waals surface area contributed by atoms with Gasteiger partial charge in [-0.1, -0.05) is 13.8 Å². The maximum absolute atomic E-state index is 13.4. The lowest BCUT2D eigenvalue weighted by Crippen LogP contribution is -2.45. The molecule has 2 saturated carbocycles. The van der Waals surface area contributed by atoms with E-state index in [0.717, 1.165) is 19.3 Å². The number of hydrogen-bond acceptors (Lipinski definition) is 7. The number of rotatable bonds is 6. The lowest BCUT2D eigenvalue weighted by Gasteiger charge is -2.41. The third-order valence-electron chi connectivity index (χ3n) is 7.88. The first-order valence-electron chi connectivity index (χ1n) is 10.1. The van der Waals surface area contributed by atoms with Crippen LogP contribution in [0.25, 0.3) is 0 Å². The molecule has 0 aromatic rings. The van der Waals surface area contributed by atoms with Crippen LogP contribution in [0.5, 0.6) is 0 Å². The summed E-state index contributed by atoms with van der Waals surface area (Å²) in [6.07, 6.45) is 3.28. The quantitative estimate of drug-likeness (QED) is 0.644. The predicted molar refractivity (Wildman–Crippen MR) is 107 cm³/mol. The fourth-order valence-electron chi connectivity index (χ4n) is 5.83. The van der Waals surface area contributed by atoms with Gasteiger partial charge in [-0.05, 0) is 43.1 Å². The second-order valence-corrected chi connectivity index (χ2v) is 10.6. The minimum absolute atomic E-state index is 0.0890. The van der Waals surface area contributed by atoms with Gasteiger partial charge in [0.1, 0.15) is 5.92 Å². The lowest BCUT2D eigenvalue weighted by molar-refractivity contribution is -0.162. The van der Waals surface area contributed by atoms with Crippen molar-refractivity contribution in [1.82, 2.24) is 0 Å². The van der Waals surface area contributed by atoms with Gasteiger partial charge in [0.15, 0.2) is 0 Å². The van der Waals surface area contributed by atoms with Gasteiger partial charge in [-0.3, -0.25) is 13.8 Å². The number of aliphatic hydroxyl groups excluding tert-OH is 1. The third kappa shape index (κ3) is 3.47. The molecule has 0 aromatic carbocycles. The summed E-state index contributed by atoms with van der Waals surface area (Å²) in [5.41, 5.74) is -0.486. The fraction of sp³-hybridized carbons (Fsp3) is 0.810. The molecule has 164 valence electrons. The van der Waals surface area contributed by atoms with Crippen molar-refractivity contribution in [3.63, 3.8) is 0 Å². The van der Waals surface area contributed by atoms with Crippen molar-refractivity contribution < 1.29 is 33.1 Å². The van der Waals surface area contributed by atoms with Gasteiger partial charge in [0, 0.05) is 34.0 Å². The van der Waals surface area contributed by atoms with Crippen molar-refractivity contribution in [3.8, 4) is 0 Å². The summed E-state index contributed by atoms with van der Waals surface area (Å²) in [5, 5.41) is 10.8. The second-order valence-electron chi connectivity index (χ2n) is 9.07. The third-order valence-corrected chi connectivity index (χ3v) is 9.54. The van der Waals surface area contributed by atoms with E-state index in [9.17, 15) is 18.9 Å². The summed E-state index contributed by atoms with van der Waals surface area (Å²) >= 11 is 0. The van der Waals surface area contributed by atoms with E-state index in [-0.39, 0.29) is 11.8 Å². The number of carbonyl (C=O) groups is 2. The predicted octanol–water partition coefficient (Wildman–Crippen LogP) is 1.80. The molecule has 3 rings (SSSR count). The van der Waals surface area contributed by atoms with Crippen molar-refractivity contribution >= 4 is 22.7 Å². The molecule has 0 amide bonds. The summed E-state index contributed by atoms with van der Waals surface area (Å²) < 4.78 is 28.7. The highest BCUT2D eigenvalue weighted by Gasteiger charge is 2.64. The van der Waals surface area contributed by atoms with Crippen LogP contribution in [0.3, 0.4) is 0 Å². The minimum atomic E-state index is -1.41. The largest absolute Gasteiger partial charge is 0.469 e.